The zero-order valence-corrected chi connectivity index (χ0v) is 15.6. The normalized spacial score (nSPS) is 11.5. The van der Waals surface area contributed by atoms with Crippen molar-refractivity contribution in [2.24, 2.45) is 18.5 Å². The van der Waals surface area contributed by atoms with Gasteiger partial charge in [-0.2, -0.15) is 0 Å². The second-order valence-corrected chi connectivity index (χ2v) is 7.35. The summed E-state index contributed by atoms with van der Waals surface area (Å²) in [7, 11) is 1.71. The zero-order chi connectivity index (χ0) is 18.5. The third kappa shape index (κ3) is 4.19. The molecule has 7 heteroatoms. The molecule has 138 valence electrons. The molecule has 0 spiro atoms. The summed E-state index contributed by atoms with van der Waals surface area (Å²) in [4.78, 5) is 11.6. The Morgan fingerprint density at radius 2 is 1.81 bits per heavy atom. The Morgan fingerprint density at radius 3 is 2.50 bits per heavy atom. The largest absolute Gasteiger partial charge is 0.419 e. The molecule has 0 bridgehead atoms. The van der Waals surface area contributed by atoms with Crippen LogP contribution in [0.2, 0.25) is 0 Å². The number of aryl methyl sites for hydroxylation is 1. The molecule has 0 amide bonds. The van der Waals surface area contributed by atoms with Crippen molar-refractivity contribution in [3.8, 4) is 11.1 Å². The molecule has 0 aliphatic rings. The van der Waals surface area contributed by atoms with E-state index in [0.29, 0.717) is 18.7 Å². The molecule has 0 fully saturated rings. The van der Waals surface area contributed by atoms with Gasteiger partial charge in [0.25, 0.3) is 0 Å². The fraction of sp³-hybridized carbons (Fsp3) is 0.316. The quantitative estimate of drug-likeness (QED) is 0.412. The van der Waals surface area contributed by atoms with Gasteiger partial charge in [0.1, 0.15) is 0 Å². The first kappa shape index (κ1) is 18.7. The number of benzene rings is 2. The van der Waals surface area contributed by atoms with Gasteiger partial charge in [0.05, 0.1) is 5.52 Å². The van der Waals surface area contributed by atoms with Crippen LogP contribution < -0.4 is 21.9 Å². The van der Waals surface area contributed by atoms with Crippen molar-refractivity contribution >= 4 is 23.0 Å². The second kappa shape index (κ2) is 8.55. The van der Waals surface area contributed by atoms with E-state index in [0.717, 1.165) is 29.6 Å². The summed E-state index contributed by atoms with van der Waals surface area (Å²) in [5.74, 6) is -0.343. The monoisotopic (exact) mass is 372 g/mol. The van der Waals surface area contributed by atoms with Crippen molar-refractivity contribution in [2.45, 2.75) is 11.7 Å². The van der Waals surface area contributed by atoms with Gasteiger partial charge in [0.2, 0.25) is 0 Å². The van der Waals surface area contributed by atoms with Crippen LogP contribution in [0.1, 0.15) is 5.56 Å². The van der Waals surface area contributed by atoms with Crippen molar-refractivity contribution < 1.29 is 4.42 Å². The van der Waals surface area contributed by atoms with Gasteiger partial charge in [0, 0.05) is 31.9 Å². The Bertz CT molecular complexity index is 913. The highest BCUT2D eigenvalue weighted by Gasteiger charge is 2.08. The third-order valence-electron chi connectivity index (χ3n) is 4.37. The van der Waals surface area contributed by atoms with Crippen molar-refractivity contribution in [3.63, 3.8) is 0 Å². The molecule has 6 nitrogen and oxygen atoms in total. The van der Waals surface area contributed by atoms with Crippen LogP contribution in [0, 0.1) is 0 Å². The lowest BCUT2D eigenvalue weighted by Crippen LogP contribution is -2.29. The van der Waals surface area contributed by atoms with Gasteiger partial charge < -0.3 is 15.9 Å². The van der Waals surface area contributed by atoms with Crippen LogP contribution in [-0.4, -0.2) is 29.5 Å². The number of hydrogen-bond acceptors (Lipinski definition) is 6. The Morgan fingerprint density at radius 1 is 1.12 bits per heavy atom. The fourth-order valence-electron chi connectivity index (χ4n) is 2.73. The van der Waals surface area contributed by atoms with Gasteiger partial charge in [0.15, 0.2) is 5.58 Å². The zero-order valence-electron chi connectivity index (χ0n) is 14.8. The maximum Gasteiger partial charge on any atom is 0.419 e. The van der Waals surface area contributed by atoms with E-state index in [9.17, 15) is 4.79 Å². The summed E-state index contributed by atoms with van der Waals surface area (Å²) in [6.07, 6.45) is 0.935. The molecule has 0 radical (unpaired) electrons. The van der Waals surface area contributed by atoms with Gasteiger partial charge in [-0.1, -0.05) is 42.3 Å². The summed E-state index contributed by atoms with van der Waals surface area (Å²) in [6, 6.07) is 14.2. The van der Waals surface area contributed by atoms with Gasteiger partial charge in [-0.15, -0.1) is 0 Å². The number of aromatic nitrogens is 1. The molecule has 0 atom stereocenters. The predicted octanol–water partition coefficient (Wildman–Crippen LogP) is 1.86. The van der Waals surface area contributed by atoms with Gasteiger partial charge >= 0.3 is 5.76 Å². The number of nitrogens with one attached hydrogen (secondary N) is 1. The van der Waals surface area contributed by atoms with Crippen LogP contribution in [0.5, 0.6) is 0 Å². The van der Waals surface area contributed by atoms with E-state index in [2.05, 4.69) is 29.0 Å². The minimum absolute atomic E-state index is 0.256. The molecule has 0 aliphatic heterocycles. The first-order valence-corrected chi connectivity index (χ1v) is 9.48. The van der Waals surface area contributed by atoms with Crippen LogP contribution in [0.15, 0.2) is 51.7 Å². The average Bonchev–Trinajstić information content (AvgIpc) is 2.96. The van der Waals surface area contributed by atoms with Crippen LogP contribution in [0.3, 0.4) is 0 Å². The SMILES string of the molecule is Cn1c(=O)oc2ccc(-c3ccc(CCNSC(CN)CN)cc3)cc21. The van der Waals surface area contributed by atoms with Crippen molar-refractivity contribution in [3.05, 3.63) is 58.6 Å². The number of oxazole rings is 1. The lowest BCUT2D eigenvalue weighted by atomic mass is 10.0. The van der Waals surface area contributed by atoms with E-state index in [1.54, 1.807) is 19.0 Å². The highest BCUT2D eigenvalue weighted by atomic mass is 32.2. The minimum Gasteiger partial charge on any atom is -0.408 e. The van der Waals surface area contributed by atoms with Gasteiger partial charge in [-0.3, -0.25) is 9.29 Å². The first-order valence-electron chi connectivity index (χ1n) is 8.60. The van der Waals surface area contributed by atoms with Crippen LogP contribution >= 0.6 is 11.9 Å². The molecule has 26 heavy (non-hydrogen) atoms. The number of hydrogen-bond donors (Lipinski definition) is 3. The van der Waals surface area contributed by atoms with Crippen LogP contribution in [0.25, 0.3) is 22.2 Å². The van der Waals surface area contributed by atoms with E-state index in [1.165, 1.54) is 10.1 Å². The Kier molecular flexibility index (Phi) is 6.16. The fourth-order valence-corrected chi connectivity index (χ4v) is 3.38. The Hall–Kier alpha value is -2.06. The van der Waals surface area contributed by atoms with E-state index in [1.807, 2.05) is 18.2 Å². The summed E-state index contributed by atoms with van der Waals surface area (Å²) < 4.78 is 10.0. The molecule has 3 rings (SSSR count). The number of nitrogens with zero attached hydrogens (tertiary/aromatic N) is 1. The predicted molar refractivity (Wildman–Crippen MR) is 108 cm³/mol. The number of fused-ring (bicyclic) bond motifs is 1. The Labute approximate surface area is 156 Å². The van der Waals surface area contributed by atoms with Gasteiger partial charge in [-0.05, 0) is 35.2 Å². The van der Waals surface area contributed by atoms with E-state index in [-0.39, 0.29) is 11.0 Å². The molecular weight excluding hydrogens is 348 g/mol. The van der Waals surface area contributed by atoms with Crippen LogP contribution in [-0.2, 0) is 13.5 Å². The summed E-state index contributed by atoms with van der Waals surface area (Å²) in [5, 5.41) is 0.256. The maximum absolute atomic E-state index is 11.6. The standard InChI is InChI=1S/C19H24N4O2S/c1-23-17-10-15(6-7-18(17)25-19(23)24)14-4-2-13(3-5-14)8-9-22-26-16(11-20)12-21/h2-7,10,16,22H,8-9,11-12,20-21H2,1H3. The van der Waals surface area contributed by atoms with Gasteiger partial charge in [-0.25, -0.2) is 4.79 Å². The van der Waals surface area contributed by atoms with Crippen molar-refractivity contribution in [2.75, 3.05) is 19.6 Å². The molecule has 1 heterocycles. The molecule has 0 unspecified atom stereocenters. The molecule has 3 aromatic rings. The molecule has 0 aliphatic carbocycles. The molecule has 5 N–H and O–H groups in total. The summed E-state index contributed by atoms with van der Waals surface area (Å²) >= 11 is 1.61. The highest BCUT2D eigenvalue weighted by Crippen LogP contribution is 2.24. The van der Waals surface area contributed by atoms with E-state index < -0.39 is 0 Å². The molecule has 1 aromatic heterocycles. The number of nitrogens with two attached hydrogens (primary N) is 2. The lowest BCUT2D eigenvalue weighted by molar-refractivity contribution is 0.528. The first-order chi connectivity index (χ1) is 12.6. The summed E-state index contributed by atoms with van der Waals surface area (Å²) in [6.45, 7) is 2.02. The summed E-state index contributed by atoms with van der Waals surface area (Å²) in [5.41, 5.74) is 16.1. The highest BCUT2D eigenvalue weighted by molar-refractivity contribution is 7.98. The maximum atomic E-state index is 11.6. The smallest absolute Gasteiger partial charge is 0.408 e. The molecule has 0 saturated carbocycles. The minimum atomic E-state index is -0.343. The Balaban J connectivity index is 1.64. The van der Waals surface area contributed by atoms with E-state index in [4.69, 9.17) is 15.9 Å². The topological polar surface area (TPSA) is 99.2 Å². The third-order valence-corrected chi connectivity index (χ3v) is 5.46. The van der Waals surface area contributed by atoms with Crippen molar-refractivity contribution in [1.82, 2.24) is 9.29 Å². The van der Waals surface area contributed by atoms with Crippen molar-refractivity contribution in [1.29, 1.82) is 0 Å². The number of rotatable bonds is 8. The molecule has 0 saturated heterocycles. The van der Waals surface area contributed by atoms with E-state index >= 15 is 0 Å². The van der Waals surface area contributed by atoms with Crippen LogP contribution in [0.4, 0.5) is 0 Å². The lowest BCUT2D eigenvalue weighted by Gasteiger charge is -2.12. The molecule has 2 aromatic carbocycles. The average molecular weight is 372 g/mol. The second-order valence-electron chi connectivity index (χ2n) is 6.16. The molecular formula is C19H24N4O2S.